The zero-order valence-electron chi connectivity index (χ0n) is 20.8. The molecule has 0 bridgehead atoms. The Labute approximate surface area is 219 Å². The first kappa shape index (κ1) is 28.8. The Morgan fingerprint density at radius 2 is 1.81 bits per heavy atom. The van der Waals surface area contributed by atoms with E-state index in [9.17, 15) is 27.9 Å². The molecule has 1 fully saturated rings. The van der Waals surface area contributed by atoms with Gasteiger partial charge in [-0.2, -0.15) is 0 Å². The van der Waals surface area contributed by atoms with Crippen molar-refractivity contribution < 1.29 is 27.9 Å². The fraction of sp³-hybridized carbons (Fsp3) is 0.462. The third-order valence-corrected chi connectivity index (χ3v) is 7.42. The van der Waals surface area contributed by atoms with Crippen LogP contribution < -0.4 is 16.4 Å². The molecule has 1 saturated heterocycles. The number of thioether (sulfide) groups is 1. The molecule has 7 nitrogen and oxygen atoms in total. The van der Waals surface area contributed by atoms with E-state index in [1.165, 1.54) is 16.7 Å². The summed E-state index contributed by atoms with van der Waals surface area (Å²) < 4.78 is 40.5. The van der Waals surface area contributed by atoms with Crippen LogP contribution in [0.1, 0.15) is 31.4 Å². The van der Waals surface area contributed by atoms with E-state index in [1.807, 2.05) is 38.1 Å². The number of halogens is 3. The number of carbonyl (C=O) groups is 2. The van der Waals surface area contributed by atoms with Gasteiger partial charge in [0.05, 0.1) is 12.6 Å². The van der Waals surface area contributed by atoms with Crippen LogP contribution in [0.5, 0.6) is 0 Å². The van der Waals surface area contributed by atoms with Gasteiger partial charge in [0.1, 0.15) is 5.82 Å². The maximum Gasteiger partial charge on any atom is 0.253 e. The molecular weight excluding hydrogens is 505 g/mol. The maximum absolute atomic E-state index is 13.9. The molecule has 1 heterocycles. The number of nitrogens with one attached hydrogen (secondary N) is 2. The summed E-state index contributed by atoms with van der Waals surface area (Å²) in [6, 6.07) is 7.82. The van der Waals surface area contributed by atoms with E-state index >= 15 is 0 Å². The lowest BCUT2D eigenvalue weighted by Crippen LogP contribution is -2.46. The minimum atomic E-state index is -1.29. The largest absolute Gasteiger partial charge is 0.394 e. The summed E-state index contributed by atoms with van der Waals surface area (Å²) >= 11 is 1.34. The number of anilines is 1. The average Bonchev–Trinajstić information content (AvgIpc) is 3.35. The summed E-state index contributed by atoms with van der Waals surface area (Å²) in [7, 11) is 0. The minimum absolute atomic E-state index is 0.0241. The first-order valence-electron chi connectivity index (χ1n) is 12.1. The van der Waals surface area contributed by atoms with E-state index in [4.69, 9.17) is 5.73 Å². The van der Waals surface area contributed by atoms with Gasteiger partial charge in [-0.3, -0.25) is 9.59 Å². The van der Waals surface area contributed by atoms with Gasteiger partial charge in [-0.05, 0) is 41.7 Å². The molecule has 2 aromatic rings. The van der Waals surface area contributed by atoms with E-state index < -0.39 is 28.9 Å². The molecule has 11 heteroatoms. The predicted molar refractivity (Wildman–Crippen MR) is 138 cm³/mol. The van der Waals surface area contributed by atoms with Gasteiger partial charge in [0.2, 0.25) is 5.91 Å². The molecule has 0 aromatic heterocycles. The van der Waals surface area contributed by atoms with Crippen LogP contribution in [-0.4, -0.2) is 58.2 Å². The van der Waals surface area contributed by atoms with E-state index in [1.54, 1.807) is 0 Å². The van der Waals surface area contributed by atoms with Gasteiger partial charge >= 0.3 is 0 Å². The predicted octanol–water partition coefficient (Wildman–Crippen LogP) is 3.01. The molecule has 1 aliphatic heterocycles. The summed E-state index contributed by atoms with van der Waals surface area (Å²) in [5.74, 6) is -3.22. The van der Waals surface area contributed by atoms with Crippen LogP contribution in [0.3, 0.4) is 0 Å². The van der Waals surface area contributed by atoms with Crippen LogP contribution >= 0.6 is 11.8 Å². The Morgan fingerprint density at radius 1 is 1.14 bits per heavy atom. The highest BCUT2D eigenvalue weighted by molar-refractivity contribution is 8.00. The van der Waals surface area contributed by atoms with Crippen molar-refractivity contribution >= 4 is 29.3 Å². The molecule has 2 amide bonds. The van der Waals surface area contributed by atoms with E-state index in [0.717, 1.165) is 17.3 Å². The van der Waals surface area contributed by atoms with E-state index in [2.05, 4.69) is 10.6 Å². The van der Waals surface area contributed by atoms with Crippen molar-refractivity contribution in [3.63, 3.8) is 0 Å². The van der Waals surface area contributed by atoms with Crippen LogP contribution in [0, 0.1) is 23.4 Å². The Balaban J connectivity index is 1.51. The second-order valence-corrected chi connectivity index (χ2v) is 10.6. The Morgan fingerprint density at radius 3 is 2.46 bits per heavy atom. The number of carbonyl (C=O) groups excluding carboxylic acids is 2. The first-order chi connectivity index (χ1) is 17.6. The van der Waals surface area contributed by atoms with Crippen LogP contribution in [0.15, 0.2) is 36.4 Å². The zero-order valence-corrected chi connectivity index (χ0v) is 21.7. The number of hydrogen-bond acceptors (Lipinski definition) is 6. The summed E-state index contributed by atoms with van der Waals surface area (Å²) in [5, 5.41) is 14.9. The number of benzene rings is 2. The van der Waals surface area contributed by atoms with Crippen LogP contribution in [0.2, 0.25) is 0 Å². The van der Waals surface area contributed by atoms with Crippen molar-refractivity contribution in [2.45, 2.75) is 50.7 Å². The molecule has 1 aliphatic rings. The highest BCUT2D eigenvalue weighted by Gasteiger charge is 2.35. The normalized spacial score (nSPS) is 17.1. The third-order valence-electron chi connectivity index (χ3n) is 6.22. The molecule has 3 rings (SSSR count). The molecule has 5 N–H and O–H groups in total. The van der Waals surface area contributed by atoms with Gasteiger partial charge < -0.3 is 26.4 Å². The van der Waals surface area contributed by atoms with Crippen molar-refractivity contribution in [1.29, 1.82) is 0 Å². The zero-order chi connectivity index (χ0) is 27.1. The van der Waals surface area contributed by atoms with Crippen molar-refractivity contribution in [2.75, 3.05) is 24.2 Å². The highest BCUT2D eigenvalue weighted by atomic mass is 32.2. The second-order valence-electron chi connectivity index (χ2n) is 9.43. The second kappa shape index (κ2) is 13.2. The molecule has 0 aliphatic carbocycles. The molecule has 0 saturated carbocycles. The highest BCUT2D eigenvalue weighted by Crippen LogP contribution is 2.25. The first-order valence-corrected chi connectivity index (χ1v) is 13.2. The van der Waals surface area contributed by atoms with Gasteiger partial charge in [-0.15, -0.1) is 11.8 Å². The fourth-order valence-corrected chi connectivity index (χ4v) is 5.15. The standard InChI is InChI=1S/C26H33F3N4O3S/c1-15(2)23(14-34)32-19-5-3-16(4-6-19)13-31-25(36)26-33(7-8-37-26)24(35)11-18(30)9-17-10-21(28)22(29)12-20(17)27/h3-6,10,12,15,18,23,26,32,34H,7-9,11,13-14,30H2,1-2H3,(H,31,36). The summed E-state index contributed by atoms with van der Waals surface area (Å²) in [4.78, 5) is 27.1. The molecule has 3 atom stereocenters. The number of aliphatic hydroxyl groups is 1. The van der Waals surface area contributed by atoms with Gasteiger partial charge in [-0.25, -0.2) is 13.2 Å². The number of nitrogens with zero attached hydrogens (tertiary/aromatic N) is 1. The van der Waals surface area contributed by atoms with Gasteiger partial charge in [0.25, 0.3) is 5.91 Å². The molecule has 3 unspecified atom stereocenters. The Hall–Kier alpha value is -2.76. The summed E-state index contributed by atoms with van der Waals surface area (Å²) in [6.07, 6.45) is -0.309. The number of nitrogens with two attached hydrogens (primary N) is 1. The topological polar surface area (TPSA) is 108 Å². The Kier molecular flexibility index (Phi) is 10.2. The smallest absolute Gasteiger partial charge is 0.253 e. The van der Waals surface area contributed by atoms with Crippen molar-refractivity contribution in [1.82, 2.24) is 10.2 Å². The SMILES string of the molecule is CC(C)C(CO)Nc1ccc(CNC(=O)C2SCCN2C(=O)CC(N)Cc2cc(F)c(F)cc2F)cc1. The molecule has 0 radical (unpaired) electrons. The average molecular weight is 539 g/mol. The van der Waals surface area contributed by atoms with Gasteiger partial charge in [0, 0.05) is 43.1 Å². The number of aliphatic hydroxyl groups excluding tert-OH is 1. The molecule has 37 heavy (non-hydrogen) atoms. The monoisotopic (exact) mass is 538 g/mol. The van der Waals surface area contributed by atoms with E-state index in [-0.39, 0.29) is 55.3 Å². The maximum atomic E-state index is 13.9. The van der Waals surface area contributed by atoms with Crippen molar-refractivity contribution in [3.05, 3.63) is 65.0 Å². The fourth-order valence-electron chi connectivity index (χ4n) is 3.99. The summed E-state index contributed by atoms with van der Waals surface area (Å²) in [5.41, 5.74) is 7.63. The minimum Gasteiger partial charge on any atom is -0.394 e. The molecular formula is C26H33F3N4O3S. The molecule has 202 valence electrons. The lowest BCUT2D eigenvalue weighted by Gasteiger charge is -2.24. The van der Waals surface area contributed by atoms with Crippen LogP contribution in [-0.2, 0) is 22.6 Å². The quantitative estimate of drug-likeness (QED) is 0.328. The van der Waals surface area contributed by atoms with Gasteiger partial charge in [-0.1, -0.05) is 26.0 Å². The molecule has 2 aromatic carbocycles. The number of amides is 2. The lowest BCUT2D eigenvalue weighted by molar-refractivity contribution is -0.136. The third kappa shape index (κ3) is 7.86. The number of rotatable bonds is 11. The van der Waals surface area contributed by atoms with Crippen molar-refractivity contribution in [2.24, 2.45) is 11.7 Å². The summed E-state index contributed by atoms with van der Waals surface area (Å²) in [6.45, 7) is 4.72. The number of hydrogen-bond donors (Lipinski definition) is 4. The van der Waals surface area contributed by atoms with Gasteiger partial charge in [0.15, 0.2) is 17.0 Å². The molecule has 0 spiro atoms. The van der Waals surface area contributed by atoms with Crippen molar-refractivity contribution in [3.8, 4) is 0 Å². The lowest BCUT2D eigenvalue weighted by atomic mass is 10.0. The van der Waals surface area contributed by atoms with E-state index in [0.29, 0.717) is 18.4 Å². The van der Waals surface area contributed by atoms with Crippen LogP contribution in [0.25, 0.3) is 0 Å². The Bertz CT molecular complexity index is 1090. The van der Waals surface area contributed by atoms with Crippen LogP contribution in [0.4, 0.5) is 18.9 Å².